The Bertz CT molecular complexity index is 1440. The average molecular weight is 594 g/mol. The highest BCUT2D eigenvalue weighted by atomic mass is 32.2. The van der Waals surface area contributed by atoms with Crippen LogP contribution in [0.5, 0.6) is 5.75 Å². The Hall–Kier alpha value is -3.85. The maximum Gasteiger partial charge on any atom is 0.264 e. The minimum atomic E-state index is -4.11. The second-order valence-electron chi connectivity index (χ2n) is 10.9. The molecule has 3 aromatic carbocycles. The molecule has 0 aliphatic carbocycles. The monoisotopic (exact) mass is 593 g/mol. The Kier molecular flexibility index (Phi) is 11.2. The Morgan fingerprint density at radius 3 is 2.00 bits per heavy atom. The fourth-order valence-electron chi connectivity index (χ4n) is 4.37. The molecule has 2 unspecified atom stereocenters. The van der Waals surface area contributed by atoms with E-state index in [1.807, 2.05) is 45.0 Å². The lowest BCUT2D eigenvalue weighted by Gasteiger charge is -2.32. The normalized spacial score (nSPS) is 12.9. The van der Waals surface area contributed by atoms with E-state index in [2.05, 4.69) is 19.2 Å². The Morgan fingerprint density at radius 2 is 1.48 bits per heavy atom. The van der Waals surface area contributed by atoms with Gasteiger partial charge in [-0.2, -0.15) is 0 Å². The van der Waals surface area contributed by atoms with Crippen molar-refractivity contribution in [1.82, 2.24) is 10.2 Å². The lowest BCUT2D eigenvalue weighted by atomic mass is 10.0. The van der Waals surface area contributed by atoms with E-state index < -0.39 is 28.5 Å². The van der Waals surface area contributed by atoms with Crippen LogP contribution in [0.15, 0.2) is 77.7 Å². The number of ether oxygens (including phenoxy) is 1. The molecule has 0 bridgehead atoms. The van der Waals surface area contributed by atoms with Crippen LogP contribution in [-0.2, 0) is 26.2 Å². The molecule has 0 fully saturated rings. The van der Waals surface area contributed by atoms with Crippen molar-refractivity contribution in [2.24, 2.45) is 0 Å². The molecule has 0 spiro atoms. The van der Waals surface area contributed by atoms with Gasteiger partial charge in [0.05, 0.1) is 17.7 Å². The van der Waals surface area contributed by atoms with Gasteiger partial charge in [0.1, 0.15) is 18.3 Å². The molecule has 9 heteroatoms. The van der Waals surface area contributed by atoms with E-state index in [0.717, 1.165) is 27.4 Å². The first-order valence-electron chi connectivity index (χ1n) is 14.3. The number of sulfonamides is 1. The number of methoxy groups -OCH3 is 1. The van der Waals surface area contributed by atoms with E-state index in [1.165, 1.54) is 4.90 Å². The van der Waals surface area contributed by atoms with Crippen LogP contribution in [0.25, 0.3) is 0 Å². The number of carbonyl (C=O) groups excluding carboxylic acids is 2. The lowest BCUT2D eigenvalue weighted by Crippen LogP contribution is -2.52. The van der Waals surface area contributed by atoms with Crippen LogP contribution in [0, 0.1) is 6.92 Å². The number of nitrogens with one attached hydrogen (secondary N) is 1. The topological polar surface area (TPSA) is 96.0 Å². The third-order valence-corrected chi connectivity index (χ3v) is 9.20. The standard InChI is InChI=1S/C33H43N3O5S/c1-8-25(5)34-33(38)26(6)35(21-27-11-17-30(41-7)18-12-27)32(37)22-36(29-15-13-28(14-16-29)23(2)3)42(39,40)31-19-9-24(4)10-20-31/h9-20,23,25-26H,8,21-22H2,1-7H3,(H,34,38). The maximum atomic E-state index is 14.1. The second kappa shape index (κ2) is 14.4. The highest BCUT2D eigenvalue weighted by Gasteiger charge is 2.32. The molecule has 2 amide bonds. The van der Waals surface area contributed by atoms with Gasteiger partial charge in [-0.1, -0.05) is 62.7 Å². The molecular weight excluding hydrogens is 550 g/mol. The molecule has 0 radical (unpaired) electrons. The predicted molar refractivity (Wildman–Crippen MR) is 167 cm³/mol. The molecule has 0 saturated heterocycles. The predicted octanol–water partition coefficient (Wildman–Crippen LogP) is 5.65. The minimum Gasteiger partial charge on any atom is -0.497 e. The molecule has 42 heavy (non-hydrogen) atoms. The van der Waals surface area contributed by atoms with Crippen molar-refractivity contribution in [3.8, 4) is 5.75 Å². The average Bonchev–Trinajstić information content (AvgIpc) is 2.98. The van der Waals surface area contributed by atoms with Crippen LogP contribution in [0.4, 0.5) is 5.69 Å². The van der Waals surface area contributed by atoms with Crippen molar-refractivity contribution >= 4 is 27.5 Å². The van der Waals surface area contributed by atoms with Crippen LogP contribution in [0.3, 0.4) is 0 Å². The van der Waals surface area contributed by atoms with Crippen molar-refractivity contribution in [3.63, 3.8) is 0 Å². The van der Waals surface area contributed by atoms with E-state index >= 15 is 0 Å². The van der Waals surface area contributed by atoms with E-state index in [-0.39, 0.29) is 29.3 Å². The first kappa shape index (κ1) is 32.7. The van der Waals surface area contributed by atoms with Crippen molar-refractivity contribution < 1.29 is 22.7 Å². The molecule has 0 aromatic heterocycles. The molecule has 3 aromatic rings. The van der Waals surface area contributed by atoms with Crippen LogP contribution in [0.2, 0.25) is 0 Å². The molecule has 1 N–H and O–H groups in total. The Morgan fingerprint density at radius 1 is 0.881 bits per heavy atom. The molecule has 0 heterocycles. The molecular formula is C33H43N3O5S. The van der Waals surface area contributed by atoms with Crippen molar-refractivity contribution in [1.29, 1.82) is 0 Å². The number of hydrogen-bond donors (Lipinski definition) is 1. The molecule has 0 saturated carbocycles. The van der Waals surface area contributed by atoms with E-state index in [0.29, 0.717) is 11.4 Å². The van der Waals surface area contributed by atoms with E-state index in [4.69, 9.17) is 4.74 Å². The summed E-state index contributed by atoms with van der Waals surface area (Å²) >= 11 is 0. The smallest absolute Gasteiger partial charge is 0.264 e. The molecule has 2 atom stereocenters. The summed E-state index contributed by atoms with van der Waals surface area (Å²) in [7, 11) is -2.54. The molecule has 3 rings (SSSR count). The van der Waals surface area contributed by atoms with Crippen LogP contribution < -0.4 is 14.4 Å². The van der Waals surface area contributed by atoms with Gasteiger partial charge in [-0.25, -0.2) is 8.42 Å². The van der Waals surface area contributed by atoms with Crippen LogP contribution >= 0.6 is 0 Å². The molecule has 0 aliphatic heterocycles. The summed E-state index contributed by atoms with van der Waals surface area (Å²) in [5.74, 6) is 0.119. The number of amides is 2. The number of hydrogen-bond acceptors (Lipinski definition) is 5. The number of nitrogens with zero attached hydrogens (tertiary/aromatic N) is 2. The van der Waals surface area contributed by atoms with Gasteiger partial charge in [-0.05, 0) is 80.6 Å². The summed E-state index contributed by atoms with van der Waals surface area (Å²) in [4.78, 5) is 28.8. The number of rotatable bonds is 13. The van der Waals surface area contributed by atoms with Gasteiger partial charge in [-0.15, -0.1) is 0 Å². The fraction of sp³-hybridized carbons (Fsp3) is 0.394. The van der Waals surface area contributed by atoms with Gasteiger partial charge >= 0.3 is 0 Å². The summed E-state index contributed by atoms with van der Waals surface area (Å²) in [5.41, 5.74) is 3.12. The maximum absolute atomic E-state index is 14.1. The van der Waals surface area contributed by atoms with Crippen molar-refractivity contribution in [3.05, 3.63) is 89.5 Å². The van der Waals surface area contributed by atoms with Gasteiger partial charge < -0.3 is 15.0 Å². The van der Waals surface area contributed by atoms with Crippen LogP contribution in [-0.4, -0.2) is 50.9 Å². The highest BCUT2D eigenvalue weighted by molar-refractivity contribution is 7.92. The van der Waals surface area contributed by atoms with Crippen molar-refractivity contribution in [2.75, 3.05) is 18.0 Å². The van der Waals surface area contributed by atoms with Crippen molar-refractivity contribution in [2.45, 2.75) is 77.4 Å². The summed E-state index contributed by atoms with van der Waals surface area (Å²) in [6.07, 6.45) is 0.736. The van der Waals surface area contributed by atoms with Crippen LogP contribution in [0.1, 0.15) is 63.6 Å². The second-order valence-corrected chi connectivity index (χ2v) is 12.8. The zero-order valence-corrected chi connectivity index (χ0v) is 26.4. The fourth-order valence-corrected chi connectivity index (χ4v) is 5.78. The minimum absolute atomic E-state index is 0.0734. The number of aryl methyl sites for hydroxylation is 1. The third-order valence-electron chi connectivity index (χ3n) is 7.42. The highest BCUT2D eigenvalue weighted by Crippen LogP contribution is 2.27. The van der Waals surface area contributed by atoms with Gasteiger partial charge in [0.15, 0.2) is 0 Å². The number of anilines is 1. The van der Waals surface area contributed by atoms with E-state index in [9.17, 15) is 18.0 Å². The molecule has 0 aliphatic rings. The quantitative estimate of drug-likeness (QED) is 0.276. The first-order chi connectivity index (χ1) is 19.9. The first-order valence-corrected chi connectivity index (χ1v) is 15.7. The zero-order chi connectivity index (χ0) is 31.0. The zero-order valence-electron chi connectivity index (χ0n) is 25.6. The molecule has 8 nitrogen and oxygen atoms in total. The SMILES string of the molecule is CCC(C)NC(=O)C(C)N(Cc1ccc(OC)cc1)C(=O)CN(c1ccc(C(C)C)cc1)S(=O)(=O)c1ccc(C)cc1. The number of carbonyl (C=O) groups is 2. The summed E-state index contributed by atoms with van der Waals surface area (Å²) in [6, 6.07) is 20.0. The van der Waals surface area contributed by atoms with Gasteiger partial charge in [0, 0.05) is 12.6 Å². The Balaban J connectivity index is 2.03. The van der Waals surface area contributed by atoms with Gasteiger partial charge in [-0.3, -0.25) is 13.9 Å². The van der Waals surface area contributed by atoms with Gasteiger partial charge in [0.25, 0.3) is 10.0 Å². The number of benzene rings is 3. The van der Waals surface area contributed by atoms with E-state index in [1.54, 1.807) is 62.6 Å². The summed E-state index contributed by atoms with van der Waals surface area (Å²) in [5, 5.41) is 2.95. The summed E-state index contributed by atoms with van der Waals surface area (Å²) in [6.45, 7) is 11.2. The summed E-state index contributed by atoms with van der Waals surface area (Å²) < 4.78 is 34.4. The van der Waals surface area contributed by atoms with Gasteiger partial charge in [0.2, 0.25) is 11.8 Å². The third kappa shape index (κ3) is 8.12. The Labute approximate surface area is 250 Å². The molecule has 226 valence electrons. The largest absolute Gasteiger partial charge is 0.497 e. The lowest BCUT2D eigenvalue weighted by molar-refractivity contribution is -0.139.